The van der Waals surface area contributed by atoms with E-state index in [0.717, 1.165) is 4.90 Å². The zero-order valence-electron chi connectivity index (χ0n) is 11.7. The summed E-state index contributed by atoms with van der Waals surface area (Å²) >= 11 is 1.50. The van der Waals surface area contributed by atoms with Gasteiger partial charge in [0.2, 0.25) is 0 Å². The summed E-state index contributed by atoms with van der Waals surface area (Å²) in [6.45, 7) is 3.66. The number of nitrogens with one attached hydrogen (secondary N) is 1. The van der Waals surface area contributed by atoms with Crippen molar-refractivity contribution in [1.29, 1.82) is 5.26 Å². The molecule has 0 spiro atoms. The van der Waals surface area contributed by atoms with Crippen molar-refractivity contribution in [2.45, 2.75) is 9.79 Å². The summed E-state index contributed by atoms with van der Waals surface area (Å²) in [6.07, 6.45) is 1.76. The van der Waals surface area contributed by atoms with E-state index in [0.29, 0.717) is 17.0 Å². The predicted octanol–water partition coefficient (Wildman–Crippen LogP) is 3.64. The fraction of sp³-hybridized carbons (Fsp3) is 0.0625. The van der Waals surface area contributed by atoms with Crippen LogP contribution in [0.15, 0.2) is 71.0 Å². The molecular weight excluding hydrogens is 316 g/mol. The maximum Gasteiger partial charge on any atom is 0.261 e. The van der Waals surface area contributed by atoms with E-state index in [1.54, 1.807) is 18.2 Å². The standard InChI is InChI=1S/C16H14N2O2S2/c1-2-11-21-16-6-4-3-5-15(16)18-22(19,20)14-9-7-13(12-17)8-10-14/h2-10,18H,1,11H2. The summed E-state index contributed by atoms with van der Waals surface area (Å²) in [5.74, 6) is 0.690. The van der Waals surface area contributed by atoms with Crippen molar-refractivity contribution in [1.82, 2.24) is 0 Å². The lowest BCUT2D eigenvalue weighted by Crippen LogP contribution is -2.13. The molecule has 0 aliphatic carbocycles. The van der Waals surface area contributed by atoms with Gasteiger partial charge in [0.15, 0.2) is 0 Å². The molecule has 0 saturated heterocycles. The molecule has 2 aromatic carbocycles. The van der Waals surface area contributed by atoms with Crippen molar-refractivity contribution >= 4 is 27.5 Å². The van der Waals surface area contributed by atoms with Crippen LogP contribution >= 0.6 is 11.8 Å². The number of nitriles is 1. The molecule has 0 aromatic heterocycles. The molecule has 0 bridgehead atoms. The lowest BCUT2D eigenvalue weighted by Gasteiger charge is -2.11. The smallest absolute Gasteiger partial charge is 0.261 e. The second-order valence-corrected chi connectivity index (χ2v) is 7.08. The third-order valence-corrected chi connectivity index (χ3v) is 5.23. The van der Waals surface area contributed by atoms with E-state index in [2.05, 4.69) is 11.3 Å². The summed E-state index contributed by atoms with van der Waals surface area (Å²) in [5.41, 5.74) is 0.944. The van der Waals surface area contributed by atoms with Crippen LogP contribution in [-0.4, -0.2) is 14.2 Å². The van der Waals surface area contributed by atoms with E-state index in [-0.39, 0.29) is 4.90 Å². The fourth-order valence-corrected chi connectivity index (χ4v) is 3.63. The average molecular weight is 330 g/mol. The second-order valence-electron chi connectivity index (χ2n) is 4.34. The van der Waals surface area contributed by atoms with E-state index < -0.39 is 10.0 Å². The highest BCUT2D eigenvalue weighted by atomic mass is 32.2. The van der Waals surface area contributed by atoms with E-state index in [4.69, 9.17) is 5.26 Å². The molecule has 22 heavy (non-hydrogen) atoms. The van der Waals surface area contributed by atoms with Gasteiger partial charge in [0.1, 0.15) is 0 Å². The monoisotopic (exact) mass is 330 g/mol. The Kier molecular flexibility index (Phi) is 5.26. The molecule has 2 rings (SSSR count). The maximum atomic E-state index is 12.4. The van der Waals surface area contributed by atoms with Gasteiger partial charge in [-0.15, -0.1) is 18.3 Å². The van der Waals surface area contributed by atoms with Gasteiger partial charge in [0, 0.05) is 10.6 Å². The van der Waals surface area contributed by atoms with Gasteiger partial charge < -0.3 is 0 Å². The topological polar surface area (TPSA) is 70.0 Å². The van der Waals surface area contributed by atoms with Crippen LogP contribution in [0.3, 0.4) is 0 Å². The predicted molar refractivity (Wildman–Crippen MR) is 89.3 cm³/mol. The molecule has 2 aromatic rings. The summed E-state index contributed by atoms with van der Waals surface area (Å²) in [5, 5.41) is 8.76. The van der Waals surface area contributed by atoms with E-state index in [9.17, 15) is 8.42 Å². The minimum Gasteiger partial charge on any atom is -0.278 e. The van der Waals surface area contributed by atoms with Crippen molar-refractivity contribution in [2.75, 3.05) is 10.5 Å². The number of thioether (sulfide) groups is 1. The van der Waals surface area contributed by atoms with E-state index in [1.165, 1.54) is 36.0 Å². The first-order valence-corrected chi connectivity index (χ1v) is 8.89. The minimum absolute atomic E-state index is 0.120. The molecule has 0 heterocycles. The Labute approximate surface area is 134 Å². The van der Waals surface area contributed by atoms with Crippen LogP contribution in [0.4, 0.5) is 5.69 Å². The molecule has 0 saturated carbocycles. The summed E-state index contributed by atoms with van der Waals surface area (Å²) in [7, 11) is -3.68. The van der Waals surface area contributed by atoms with Gasteiger partial charge in [-0.2, -0.15) is 5.26 Å². The van der Waals surface area contributed by atoms with Crippen molar-refractivity contribution < 1.29 is 8.42 Å². The largest absolute Gasteiger partial charge is 0.278 e. The van der Waals surface area contributed by atoms with Gasteiger partial charge in [-0.25, -0.2) is 8.42 Å². The Hall–Kier alpha value is -2.23. The molecule has 6 heteroatoms. The number of benzene rings is 2. The number of sulfonamides is 1. The molecule has 4 nitrogen and oxygen atoms in total. The van der Waals surface area contributed by atoms with Gasteiger partial charge in [-0.05, 0) is 36.4 Å². The molecule has 0 amide bonds. The molecule has 0 fully saturated rings. The first kappa shape index (κ1) is 16.1. The van der Waals surface area contributed by atoms with Crippen LogP contribution in [0.25, 0.3) is 0 Å². The molecule has 0 atom stereocenters. The van der Waals surface area contributed by atoms with Gasteiger partial charge in [-0.1, -0.05) is 18.2 Å². The van der Waals surface area contributed by atoms with E-state index in [1.807, 2.05) is 18.2 Å². The van der Waals surface area contributed by atoms with E-state index >= 15 is 0 Å². The second kappa shape index (κ2) is 7.16. The first-order valence-electron chi connectivity index (χ1n) is 6.42. The zero-order chi connectivity index (χ0) is 16.0. The van der Waals surface area contributed by atoms with Crippen LogP contribution in [0.5, 0.6) is 0 Å². The first-order chi connectivity index (χ1) is 10.6. The summed E-state index contributed by atoms with van der Waals surface area (Å²) in [6, 6.07) is 14.9. The molecule has 112 valence electrons. The Balaban J connectivity index is 2.28. The maximum absolute atomic E-state index is 12.4. The number of hydrogen-bond donors (Lipinski definition) is 1. The van der Waals surface area contributed by atoms with Crippen molar-refractivity contribution in [2.24, 2.45) is 0 Å². The number of anilines is 1. The Morgan fingerprint density at radius 2 is 1.86 bits per heavy atom. The minimum atomic E-state index is -3.68. The van der Waals surface area contributed by atoms with Gasteiger partial charge in [0.05, 0.1) is 22.2 Å². The normalized spacial score (nSPS) is 10.7. The Morgan fingerprint density at radius 3 is 2.50 bits per heavy atom. The third-order valence-electron chi connectivity index (χ3n) is 2.78. The SMILES string of the molecule is C=CCSc1ccccc1NS(=O)(=O)c1ccc(C#N)cc1. The highest BCUT2D eigenvalue weighted by molar-refractivity contribution is 7.99. The highest BCUT2D eigenvalue weighted by Crippen LogP contribution is 2.28. The number of nitrogens with zero attached hydrogens (tertiary/aromatic N) is 1. The Morgan fingerprint density at radius 1 is 1.18 bits per heavy atom. The molecule has 0 aliphatic rings. The van der Waals surface area contributed by atoms with Crippen LogP contribution in [0, 0.1) is 11.3 Å². The third kappa shape index (κ3) is 3.91. The van der Waals surface area contributed by atoms with Crippen molar-refractivity contribution in [3.63, 3.8) is 0 Å². The average Bonchev–Trinajstić information content (AvgIpc) is 2.54. The van der Waals surface area contributed by atoms with Gasteiger partial charge in [0.25, 0.3) is 10.0 Å². The molecule has 1 N–H and O–H groups in total. The molecule has 0 radical (unpaired) electrons. The van der Waals surface area contributed by atoms with Gasteiger partial charge >= 0.3 is 0 Å². The van der Waals surface area contributed by atoms with Gasteiger partial charge in [-0.3, -0.25) is 4.72 Å². The van der Waals surface area contributed by atoms with Crippen molar-refractivity contribution in [3.8, 4) is 6.07 Å². The zero-order valence-corrected chi connectivity index (χ0v) is 13.3. The van der Waals surface area contributed by atoms with Crippen LogP contribution in [0.1, 0.15) is 5.56 Å². The lowest BCUT2D eigenvalue weighted by molar-refractivity contribution is 0.601. The molecular formula is C16H14N2O2S2. The molecule has 0 aliphatic heterocycles. The fourth-order valence-electron chi connectivity index (χ4n) is 1.74. The quantitative estimate of drug-likeness (QED) is 0.648. The number of rotatable bonds is 6. The summed E-state index contributed by atoms with van der Waals surface area (Å²) < 4.78 is 27.4. The van der Waals surface area contributed by atoms with Crippen LogP contribution < -0.4 is 4.72 Å². The highest BCUT2D eigenvalue weighted by Gasteiger charge is 2.15. The number of hydrogen-bond acceptors (Lipinski definition) is 4. The van der Waals surface area contributed by atoms with Crippen molar-refractivity contribution in [3.05, 3.63) is 66.7 Å². The lowest BCUT2D eigenvalue weighted by atomic mass is 10.2. The Bertz CT molecular complexity index is 807. The van der Waals surface area contributed by atoms with Crippen LogP contribution in [-0.2, 0) is 10.0 Å². The number of para-hydroxylation sites is 1. The van der Waals surface area contributed by atoms with Crippen LogP contribution in [0.2, 0.25) is 0 Å². The summed E-state index contributed by atoms with van der Waals surface area (Å²) in [4.78, 5) is 0.953. The molecule has 0 unspecified atom stereocenters.